The fourth-order valence-electron chi connectivity index (χ4n) is 1.30. The first-order valence-electron chi connectivity index (χ1n) is 4.62. The molecule has 0 N–H and O–H groups in total. The predicted octanol–water partition coefficient (Wildman–Crippen LogP) is 0.710. The molecule has 0 aromatic heterocycles. The van der Waals surface area contributed by atoms with Crippen LogP contribution in [0, 0.1) is 5.92 Å². The Morgan fingerprint density at radius 3 is 2.77 bits per heavy atom. The number of allylic oxidation sites excluding steroid dienone is 1. The number of ketones is 1. The number of hydrogen-bond acceptors (Lipinski definition) is 3. The molecule has 1 aliphatic rings. The summed E-state index contributed by atoms with van der Waals surface area (Å²) in [5.74, 6) is 0.802. The molecule has 13 heavy (non-hydrogen) atoms. The highest BCUT2D eigenvalue weighted by atomic mass is 16.5. The second-order valence-corrected chi connectivity index (χ2v) is 3.64. The monoisotopic (exact) mass is 183 g/mol. The van der Waals surface area contributed by atoms with Crippen molar-refractivity contribution in [2.45, 2.75) is 6.92 Å². The first kappa shape index (κ1) is 10.4. The number of rotatable bonds is 5. The number of likely N-dealkylation sites (N-methyl/N-ethyl adjacent to an activating group) is 1. The molecule has 0 aliphatic carbocycles. The van der Waals surface area contributed by atoms with E-state index in [1.165, 1.54) is 0 Å². The molecule has 1 fully saturated rings. The van der Waals surface area contributed by atoms with Crippen molar-refractivity contribution < 1.29 is 9.53 Å². The molecule has 0 atom stereocenters. The van der Waals surface area contributed by atoms with Gasteiger partial charge in [-0.25, -0.2) is 0 Å². The van der Waals surface area contributed by atoms with Gasteiger partial charge in [-0.1, -0.05) is 6.08 Å². The molecular formula is C10H17NO2. The van der Waals surface area contributed by atoms with E-state index in [1.54, 1.807) is 13.0 Å². The number of nitrogens with zero attached hydrogens (tertiary/aromatic N) is 1. The van der Waals surface area contributed by atoms with Crippen molar-refractivity contribution in [2.24, 2.45) is 5.92 Å². The molecule has 0 spiro atoms. The molecule has 0 unspecified atom stereocenters. The molecule has 0 bridgehead atoms. The van der Waals surface area contributed by atoms with Crippen molar-refractivity contribution in [3.63, 3.8) is 0 Å². The van der Waals surface area contributed by atoms with E-state index in [-0.39, 0.29) is 5.78 Å². The zero-order chi connectivity index (χ0) is 9.68. The van der Waals surface area contributed by atoms with Crippen LogP contribution in [0.2, 0.25) is 0 Å². The molecule has 1 aliphatic heterocycles. The molecule has 74 valence electrons. The second-order valence-electron chi connectivity index (χ2n) is 3.64. The van der Waals surface area contributed by atoms with Crippen molar-refractivity contribution in [3.05, 3.63) is 12.2 Å². The lowest BCUT2D eigenvalue weighted by Gasteiger charge is -2.29. The number of hydrogen-bond donors (Lipinski definition) is 0. The van der Waals surface area contributed by atoms with Crippen LogP contribution in [0.3, 0.4) is 0 Å². The average molecular weight is 183 g/mol. The molecule has 1 rings (SSSR count). The van der Waals surface area contributed by atoms with E-state index in [9.17, 15) is 4.79 Å². The van der Waals surface area contributed by atoms with Crippen LogP contribution in [0.15, 0.2) is 12.2 Å². The summed E-state index contributed by atoms with van der Waals surface area (Å²) < 4.78 is 5.08. The third-order valence-corrected chi connectivity index (χ3v) is 2.05. The van der Waals surface area contributed by atoms with E-state index in [2.05, 4.69) is 11.9 Å². The van der Waals surface area contributed by atoms with Gasteiger partial charge in [0.1, 0.15) is 0 Å². The predicted molar refractivity (Wildman–Crippen MR) is 51.6 cm³/mol. The topological polar surface area (TPSA) is 29.5 Å². The Balaban J connectivity index is 2.09. The number of carbonyl (C=O) groups excluding carboxylic acids is 1. The van der Waals surface area contributed by atoms with Crippen LogP contribution in [0.5, 0.6) is 0 Å². The first-order chi connectivity index (χ1) is 6.18. The van der Waals surface area contributed by atoms with Gasteiger partial charge < -0.3 is 9.64 Å². The lowest BCUT2D eigenvalue weighted by molar-refractivity contribution is -0.112. The van der Waals surface area contributed by atoms with Gasteiger partial charge in [0.25, 0.3) is 0 Å². The maximum atomic E-state index is 10.6. The standard InChI is InChI=1S/C10H17NO2/c1-9(12)4-3-5-11(2)6-10-7-13-8-10/h3-4,10H,5-8H2,1-2H3/b4-3+. The summed E-state index contributed by atoms with van der Waals surface area (Å²) in [5, 5.41) is 0. The van der Waals surface area contributed by atoms with Crippen molar-refractivity contribution in [1.29, 1.82) is 0 Å². The zero-order valence-electron chi connectivity index (χ0n) is 8.32. The van der Waals surface area contributed by atoms with Gasteiger partial charge >= 0.3 is 0 Å². The smallest absolute Gasteiger partial charge is 0.152 e. The van der Waals surface area contributed by atoms with Crippen LogP contribution >= 0.6 is 0 Å². The molecule has 1 saturated heterocycles. The maximum Gasteiger partial charge on any atom is 0.152 e. The van der Waals surface area contributed by atoms with E-state index in [0.29, 0.717) is 5.92 Å². The van der Waals surface area contributed by atoms with Crippen LogP contribution in [-0.2, 0) is 9.53 Å². The Morgan fingerprint density at radius 2 is 2.31 bits per heavy atom. The van der Waals surface area contributed by atoms with Crippen molar-refractivity contribution in [1.82, 2.24) is 4.90 Å². The highest BCUT2D eigenvalue weighted by molar-refractivity contribution is 5.87. The van der Waals surface area contributed by atoms with E-state index in [1.807, 2.05) is 6.08 Å². The largest absolute Gasteiger partial charge is 0.381 e. The molecule has 0 aromatic carbocycles. The molecular weight excluding hydrogens is 166 g/mol. The minimum atomic E-state index is 0.111. The van der Waals surface area contributed by atoms with Gasteiger partial charge in [-0.15, -0.1) is 0 Å². The third kappa shape index (κ3) is 4.20. The normalized spacial score (nSPS) is 18.1. The van der Waals surface area contributed by atoms with E-state index in [4.69, 9.17) is 4.74 Å². The lowest BCUT2D eigenvalue weighted by atomic mass is 10.1. The summed E-state index contributed by atoms with van der Waals surface area (Å²) in [4.78, 5) is 12.8. The van der Waals surface area contributed by atoms with E-state index in [0.717, 1.165) is 26.3 Å². The minimum absolute atomic E-state index is 0.111. The Kier molecular flexibility index (Phi) is 4.12. The Labute approximate surface area is 79.4 Å². The molecule has 3 heteroatoms. The van der Waals surface area contributed by atoms with Crippen LogP contribution in [0.4, 0.5) is 0 Å². The highest BCUT2D eigenvalue weighted by Gasteiger charge is 2.19. The fraction of sp³-hybridized carbons (Fsp3) is 0.700. The highest BCUT2D eigenvalue weighted by Crippen LogP contribution is 2.10. The Bertz CT molecular complexity index is 197. The van der Waals surface area contributed by atoms with Gasteiger partial charge in [0, 0.05) is 19.0 Å². The second kappa shape index (κ2) is 5.14. The van der Waals surface area contributed by atoms with E-state index >= 15 is 0 Å². The van der Waals surface area contributed by atoms with Crippen molar-refractivity contribution in [2.75, 3.05) is 33.4 Å². The van der Waals surface area contributed by atoms with Crippen LogP contribution in [0.25, 0.3) is 0 Å². The SMILES string of the molecule is CC(=O)/C=C/CN(C)CC1COC1. The quantitative estimate of drug-likeness (QED) is 0.588. The molecule has 1 heterocycles. The van der Waals surface area contributed by atoms with E-state index < -0.39 is 0 Å². The lowest BCUT2D eigenvalue weighted by Crippen LogP contribution is -2.37. The summed E-state index contributed by atoms with van der Waals surface area (Å²) in [6, 6.07) is 0. The van der Waals surface area contributed by atoms with Crippen LogP contribution in [0.1, 0.15) is 6.92 Å². The minimum Gasteiger partial charge on any atom is -0.381 e. The third-order valence-electron chi connectivity index (χ3n) is 2.05. The number of carbonyl (C=O) groups is 1. The maximum absolute atomic E-state index is 10.6. The van der Waals surface area contributed by atoms with Crippen molar-refractivity contribution >= 4 is 5.78 Å². The zero-order valence-corrected chi connectivity index (χ0v) is 8.32. The molecule has 3 nitrogen and oxygen atoms in total. The summed E-state index contributed by atoms with van der Waals surface area (Å²) in [6.07, 6.45) is 3.52. The van der Waals surface area contributed by atoms with Gasteiger partial charge in [0.2, 0.25) is 0 Å². The summed E-state index contributed by atoms with van der Waals surface area (Å²) in [5.41, 5.74) is 0. The summed E-state index contributed by atoms with van der Waals surface area (Å²) in [6.45, 7) is 5.25. The molecule has 0 aromatic rings. The average Bonchev–Trinajstić information content (AvgIpc) is 1.96. The van der Waals surface area contributed by atoms with Crippen LogP contribution in [-0.4, -0.2) is 44.0 Å². The van der Waals surface area contributed by atoms with Crippen molar-refractivity contribution in [3.8, 4) is 0 Å². The van der Waals surface area contributed by atoms with Gasteiger partial charge in [0.05, 0.1) is 13.2 Å². The van der Waals surface area contributed by atoms with Gasteiger partial charge in [-0.2, -0.15) is 0 Å². The van der Waals surface area contributed by atoms with Gasteiger partial charge in [0.15, 0.2) is 5.78 Å². The number of ether oxygens (including phenoxy) is 1. The van der Waals surface area contributed by atoms with Crippen LogP contribution < -0.4 is 0 Å². The Morgan fingerprint density at radius 1 is 1.62 bits per heavy atom. The molecule has 0 saturated carbocycles. The fourth-order valence-corrected chi connectivity index (χ4v) is 1.30. The van der Waals surface area contributed by atoms with Gasteiger partial charge in [-0.3, -0.25) is 4.79 Å². The summed E-state index contributed by atoms with van der Waals surface area (Å²) in [7, 11) is 2.06. The Hall–Kier alpha value is -0.670. The summed E-state index contributed by atoms with van der Waals surface area (Å²) >= 11 is 0. The van der Waals surface area contributed by atoms with Gasteiger partial charge in [-0.05, 0) is 20.0 Å². The molecule has 0 amide bonds. The first-order valence-corrected chi connectivity index (χ1v) is 4.62. The molecule has 0 radical (unpaired) electrons.